The molecule has 0 spiro atoms. The van der Waals surface area contributed by atoms with E-state index < -0.39 is 4.92 Å². The molecule has 7 nitrogen and oxygen atoms in total. The first-order chi connectivity index (χ1) is 9.60. The Hall–Kier alpha value is -1.73. The van der Waals surface area contributed by atoms with Crippen molar-refractivity contribution in [3.8, 4) is 0 Å². The van der Waals surface area contributed by atoms with Gasteiger partial charge in [-0.15, -0.1) is 0 Å². The predicted molar refractivity (Wildman–Crippen MR) is 77.8 cm³/mol. The van der Waals surface area contributed by atoms with E-state index in [1.807, 2.05) is 0 Å². The largest absolute Gasteiger partial charge is 0.354 e. The number of nitrogens with zero attached hydrogens (tertiary/aromatic N) is 4. The minimum Gasteiger partial charge on any atom is -0.354 e. The topological polar surface area (TPSA) is 88.5 Å². The van der Waals surface area contributed by atoms with Gasteiger partial charge in [-0.2, -0.15) is 0 Å². The molecule has 0 aliphatic carbocycles. The van der Waals surface area contributed by atoms with Crippen molar-refractivity contribution in [1.29, 1.82) is 0 Å². The Labute approximate surface area is 118 Å². The van der Waals surface area contributed by atoms with Crippen molar-refractivity contribution in [1.82, 2.24) is 9.88 Å². The lowest BCUT2D eigenvalue weighted by atomic mass is 10.2. The van der Waals surface area contributed by atoms with Crippen molar-refractivity contribution in [2.45, 2.75) is 19.4 Å². The van der Waals surface area contributed by atoms with Crippen molar-refractivity contribution in [3.05, 3.63) is 28.4 Å². The Balaban J connectivity index is 1.88. The van der Waals surface area contributed by atoms with Gasteiger partial charge in [0.2, 0.25) is 0 Å². The van der Waals surface area contributed by atoms with Gasteiger partial charge in [0.1, 0.15) is 12.0 Å². The van der Waals surface area contributed by atoms with Gasteiger partial charge in [0.05, 0.1) is 4.92 Å². The number of aromatic nitrogens is 1. The fraction of sp³-hybridized carbons (Fsp3) is 0.615. The molecule has 1 unspecified atom stereocenters. The van der Waals surface area contributed by atoms with Crippen LogP contribution in [0.25, 0.3) is 0 Å². The molecule has 0 amide bonds. The second kappa shape index (κ2) is 6.62. The zero-order chi connectivity index (χ0) is 14.5. The number of hydrogen-bond acceptors (Lipinski definition) is 6. The van der Waals surface area contributed by atoms with E-state index in [0.717, 1.165) is 45.0 Å². The summed E-state index contributed by atoms with van der Waals surface area (Å²) in [4.78, 5) is 18.8. The van der Waals surface area contributed by atoms with Gasteiger partial charge < -0.3 is 10.6 Å². The molecule has 1 aliphatic rings. The standard InChI is InChI=1S/C13H21N5O2/c1-2-11(14)10-16-5-7-17(8-6-16)13-4-3-12(9-15-13)18(19)20/h3-4,9,11H,2,5-8,10,14H2,1H3. The monoisotopic (exact) mass is 279 g/mol. The summed E-state index contributed by atoms with van der Waals surface area (Å²) < 4.78 is 0. The fourth-order valence-electron chi connectivity index (χ4n) is 2.29. The Bertz CT molecular complexity index is 443. The molecular formula is C13H21N5O2. The normalized spacial score (nSPS) is 18.0. The highest BCUT2D eigenvalue weighted by Crippen LogP contribution is 2.17. The van der Waals surface area contributed by atoms with Crippen LogP contribution in [0.1, 0.15) is 13.3 Å². The summed E-state index contributed by atoms with van der Waals surface area (Å²) >= 11 is 0. The average molecular weight is 279 g/mol. The summed E-state index contributed by atoms with van der Waals surface area (Å²) in [6.45, 7) is 6.68. The Kier molecular flexibility index (Phi) is 4.86. The molecule has 1 aromatic heterocycles. The SMILES string of the molecule is CCC(N)CN1CCN(c2ccc([N+](=O)[O-])cn2)CC1. The number of pyridine rings is 1. The lowest BCUT2D eigenvalue weighted by Crippen LogP contribution is -2.50. The third kappa shape index (κ3) is 3.64. The van der Waals surface area contributed by atoms with Crippen LogP contribution in [0.2, 0.25) is 0 Å². The van der Waals surface area contributed by atoms with Gasteiger partial charge in [0, 0.05) is 44.8 Å². The van der Waals surface area contributed by atoms with Gasteiger partial charge in [0.25, 0.3) is 5.69 Å². The smallest absolute Gasteiger partial charge is 0.287 e. The lowest BCUT2D eigenvalue weighted by Gasteiger charge is -2.36. The van der Waals surface area contributed by atoms with E-state index in [-0.39, 0.29) is 11.7 Å². The lowest BCUT2D eigenvalue weighted by molar-refractivity contribution is -0.385. The minimum absolute atomic E-state index is 0.0290. The molecule has 0 bridgehead atoms. The molecule has 0 radical (unpaired) electrons. The van der Waals surface area contributed by atoms with Crippen LogP contribution in [0, 0.1) is 10.1 Å². The molecule has 0 saturated carbocycles. The van der Waals surface area contributed by atoms with Crippen molar-refractivity contribution in [2.75, 3.05) is 37.6 Å². The van der Waals surface area contributed by atoms with Gasteiger partial charge in [-0.25, -0.2) is 4.98 Å². The van der Waals surface area contributed by atoms with E-state index in [2.05, 4.69) is 21.7 Å². The molecule has 1 fully saturated rings. The summed E-state index contributed by atoms with van der Waals surface area (Å²) in [6.07, 6.45) is 2.30. The highest BCUT2D eigenvalue weighted by molar-refractivity contribution is 5.43. The van der Waals surface area contributed by atoms with E-state index >= 15 is 0 Å². The van der Waals surface area contributed by atoms with Gasteiger partial charge in [-0.3, -0.25) is 15.0 Å². The number of nitro groups is 1. The first-order valence-corrected chi connectivity index (χ1v) is 6.93. The molecule has 1 atom stereocenters. The summed E-state index contributed by atoms with van der Waals surface area (Å²) in [5.41, 5.74) is 5.99. The van der Waals surface area contributed by atoms with E-state index in [1.54, 1.807) is 6.07 Å². The van der Waals surface area contributed by atoms with Crippen molar-refractivity contribution in [3.63, 3.8) is 0 Å². The van der Waals surface area contributed by atoms with E-state index in [0.29, 0.717) is 0 Å². The van der Waals surface area contributed by atoms with E-state index in [4.69, 9.17) is 5.73 Å². The summed E-state index contributed by atoms with van der Waals surface area (Å²) in [5.74, 6) is 0.801. The number of nitrogens with two attached hydrogens (primary N) is 1. The third-order valence-corrected chi connectivity index (χ3v) is 3.66. The molecule has 2 rings (SSSR count). The van der Waals surface area contributed by atoms with Gasteiger partial charge in [-0.05, 0) is 12.5 Å². The average Bonchev–Trinajstić information content (AvgIpc) is 2.48. The summed E-state index contributed by atoms with van der Waals surface area (Å²) in [5, 5.41) is 10.6. The van der Waals surface area contributed by atoms with Gasteiger partial charge in [-0.1, -0.05) is 6.92 Å². The van der Waals surface area contributed by atoms with Crippen LogP contribution in [-0.2, 0) is 0 Å². The van der Waals surface area contributed by atoms with Crippen LogP contribution in [0.3, 0.4) is 0 Å². The molecule has 20 heavy (non-hydrogen) atoms. The molecule has 1 saturated heterocycles. The Morgan fingerprint density at radius 3 is 2.60 bits per heavy atom. The zero-order valence-corrected chi connectivity index (χ0v) is 11.7. The molecule has 1 aromatic rings. The first-order valence-electron chi connectivity index (χ1n) is 6.93. The number of hydrogen-bond donors (Lipinski definition) is 1. The van der Waals surface area contributed by atoms with E-state index in [1.165, 1.54) is 12.3 Å². The highest BCUT2D eigenvalue weighted by Gasteiger charge is 2.19. The summed E-state index contributed by atoms with van der Waals surface area (Å²) in [6, 6.07) is 3.45. The number of rotatable bonds is 5. The van der Waals surface area contributed by atoms with Crippen LogP contribution in [-0.4, -0.2) is 53.6 Å². The molecule has 1 aliphatic heterocycles. The first kappa shape index (κ1) is 14.7. The second-order valence-corrected chi connectivity index (χ2v) is 5.09. The Morgan fingerprint density at radius 2 is 2.10 bits per heavy atom. The molecule has 2 heterocycles. The van der Waals surface area contributed by atoms with Crippen LogP contribution < -0.4 is 10.6 Å². The second-order valence-electron chi connectivity index (χ2n) is 5.09. The van der Waals surface area contributed by atoms with Crippen molar-refractivity contribution >= 4 is 11.5 Å². The van der Waals surface area contributed by atoms with Crippen LogP contribution in [0.15, 0.2) is 18.3 Å². The summed E-state index contributed by atoms with van der Waals surface area (Å²) in [7, 11) is 0. The van der Waals surface area contributed by atoms with Crippen LogP contribution >= 0.6 is 0 Å². The maximum Gasteiger partial charge on any atom is 0.287 e. The molecule has 7 heteroatoms. The fourth-order valence-corrected chi connectivity index (χ4v) is 2.29. The van der Waals surface area contributed by atoms with Crippen LogP contribution in [0.4, 0.5) is 11.5 Å². The highest BCUT2D eigenvalue weighted by atomic mass is 16.6. The predicted octanol–water partition coefficient (Wildman–Crippen LogP) is 0.849. The quantitative estimate of drug-likeness (QED) is 0.635. The maximum atomic E-state index is 10.6. The Morgan fingerprint density at radius 1 is 1.40 bits per heavy atom. The molecule has 2 N–H and O–H groups in total. The minimum atomic E-state index is -0.430. The maximum absolute atomic E-state index is 10.6. The van der Waals surface area contributed by atoms with Gasteiger partial charge >= 0.3 is 0 Å². The molecule has 0 aromatic carbocycles. The zero-order valence-electron chi connectivity index (χ0n) is 11.7. The van der Waals surface area contributed by atoms with Crippen LogP contribution in [0.5, 0.6) is 0 Å². The van der Waals surface area contributed by atoms with Crippen molar-refractivity contribution < 1.29 is 4.92 Å². The van der Waals surface area contributed by atoms with E-state index in [9.17, 15) is 10.1 Å². The molecular weight excluding hydrogens is 258 g/mol. The third-order valence-electron chi connectivity index (χ3n) is 3.66. The number of anilines is 1. The van der Waals surface area contributed by atoms with Crippen molar-refractivity contribution in [2.24, 2.45) is 5.73 Å². The number of piperazine rings is 1. The molecule has 110 valence electrons. The van der Waals surface area contributed by atoms with Gasteiger partial charge in [0.15, 0.2) is 0 Å².